The highest BCUT2D eigenvalue weighted by Crippen LogP contribution is 2.27. The third kappa shape index (κ3) is 2.58. The van der Waals surface area contributed by atoms with E-state index in [0.717, 1.165) is 24.5 Å². The van der Waals surface area contributed by atoms with Gasteiger partial charge in [0.25, 0.3) is 0 Å². The van der Waals surface area contributed by atoms with Crippen LogP contribution in [0.2, 0.25) is 0 Å². The molecule has 0 bridgehead atoms. The van der Waals surface area contributed by atoms with Gasteiger partial charge in [-0.2, -0.15) is 0 Å². The first-order valence-electron chi connectivity index (χ1n) is 5.82. The second kappa shape index (κ2) is 5.19. The molecule has 0 radical (unpaired) electrons. The maximum absolute atomic E-state index is 12.1. The standard InChI is InChI=1S/C13H18N2O2/c1-15(13(16)7-10-8-14-9-10)11-5-3-4-6-12(11)17-2/h3-6,10,14H,7-9H2,1-2H3. The van der Waals surface area contributed by atoms with Crippen LogP contribution in [0.4, 0.5) is 5.69 Å². The Morgan fingerprint density at radius 2 is 2.18 bits per heavy atom. The van der Waals surface area contributed by atoms with Crippen molar-refractivity contribution in [2.75, 3.05) is 32.1 Å². The predicted octanol–water partition coefficient (Wildman–Crippen LogP) is 1.27. The number of rotatable bonds is 4. The van der Waals surface area contributed by atoms with Crippen molar-refractivity contribution in [2.24, 2.45) is 5.92 Å². The van der Waals surface area contributed by atoms with E-state index < -0.39 is 0 Å². The smallest absolute Gasteiger partial charge is 0.227 e. The van der Waals surface area contributed by atoms with E-state index in [4.69, 9.17) is 4.74 Å². The van der Waals surface area contributed by atoms with Gasteiger partial charge in [0, 0.05) is 13.5 Å². The fraction of sp³-hybridized carbons (Fsp3) is 0.462. The van der Waals surface area contributed by atoms with E-state index >= 15 is 0 Å². The topological polar surface area (TPSA) is 41.6 Å². The lowest BCUT2D eigenvalue weighted by Gasteiger charge is -2.28. The van der Waals surface area contributed by atoms with Crippen LogP contribution in [-0.2, 0) is 4.79 Å². The van der Waals surface area contributed by atoms with Crippen LogP contribution in [0.15, 0.2) is 24.3 Å². The summed E-state index contributed by atoms with van der Waals surface area (Å²) in [4.78, 5) is 13.7. The number of carbonyl (C=O) groups excluding carboxylic acids is 1. The summed E-state index contributed by atoms with van der Waals surface area (Å²) >= 11 is 0. The van der Waals surface area contributed by atoms with E-state index in [9.17, 15) is 4.79 Å². The Labute approximate surface area is 102 Å². The van der Waals surface area contributed by atoms with Crippen LogP contribution in [0.5, 0.6) is 5.75 Å². The summed E-state index contributed by atoms with van der Waals surface area (Å²) in [5.74, 6) is 1.36. The average molecular weight is 234 g/mol. The number of hydrogen-bond acceptors (Lipinski definition) is 3. The SMILES string of the molecule is COc1ccccc1N(C)C(=O)CC1CNC1. The molecule has 0 aliphatic carbocycles. The van der Waals surface area contributed by atoms with Crippen molar-refractivity contribution < 1.29 is 9.53 Å². The monoisotopic (exact) mass is 234 g/mol. The fourth-order valence-corrected chi connectivity index (χ4v) is 1.92. The molecule has 1 aliphatic heterocycles. The number of para-hydroxylation sites is 2. The molecule has 2 rings (SSSR count). The van der Waals surface area contributed by atoms with Crippen LogP contribution < -0.4 is 15.0 Å². The summed E-state index contributed by atoms with van der Waals surface area (Å²) < 4.78 is 5.26. The molecule has 0 spiro atoms. The molecule has 1 heterocycles. The van der Waals surface area contributed by atoms with E-state index in [2.05, 4.69) is 5.32 Å². The zero-order chi connectivity index (χ0) is 12.3. The van der Waals surface area contributed by atoms with E-state index in [1.165, 1.54) is 0 Å². The van der Waals surface area contributed by atoms with Crippen molar-refractivity contribution >= 4 is 11.6 Å². The van der Waals surface area contributed by atoms with Gasteiger partial charge in [0.2, 0.25) is 5.91 Å². The van der Waals surface area contributed by atoms with Crippen LogP contribution in [0, 0.1) is 5.92 Å². The molecule has 0 aromatic heterocycles. The van der Waals surface area contributed by atoms with Gasteiger partial charge in [-0.05, 0) is 31.1 Å². The lowest BCUT2D eigenvalue weighted by Crippen LogP contribution is -2.44. The van der Waals surface area contributed by atoms with Gasteiger partial charge in [0.05, 0.1) is 12.8 Å². The molecule has 17 heavy (non-hydrogen) atoms. The molecule has 4 nitrogen and oxygen atoms in total. The largest absolute Gasteiger partial charge is 0.495 e. The summed E-state index contributed by atoms with van der Waals surface area (Å²) in [6.07, 6.45) is 0.599. The number of nitrogens with one attached hydrogen (secondary N) is 1. The number of benzene rings is 1. The maximum atomic E-state index is 12.1. The highest BCUT2D eigenvalue weighted by molar-refractivity contribution is 5.94. The number of methoxy groups -OCH3 is 1. The van der Waals surface area contributed by atoms with E-state index in [1.54, 1.807) is 19.1 Å². The Kier molecular flexibility index (Phi) is 3.64. The molecule has 1 aromatic rings. The Morgan fingerprint density at radius 1 is 1.47 bits per heavy atom. The minimum Gasteiger partial charge on any atom is -0.495 e. The minimum atomic E-state index is 0.140. The fourth-order valence-electron chi connectivity index (χ4n) is 1.92. The molecule has 1 saturated heterocycles. The van der Waals surface area contributed by atoms with Crippen molar-refractivity contribution in [3.05, 3.63) is 24.3 Å². The van der Waals surface area contributed by atoms with Gasteiger partial charge >= 0.3 is 0 Å². The number of carbonyl (C=O) groups is 1. The lowest BCUT2D eigenvalue weighted by molar-refractivity contribution is -0.119. The first kappa shape index (κ1) is 11.9. The second-order valence-corrected chi connectivity index (χ2v) is 4.35. The van der Waals surface area contributed by atoms with Gasteiger partial charge in [0.1, 0.15) is 5.75 Å². The Morgan fingerprint density at radius 3 is 2.76 bits per heavy atom. The molecular weight excluding hydrogens is 216 g/mol. The first-order valence-corrected chi connectivity index (χ1v) is 5.82. The second-order valence-electron chi connectivity index (χ2n) is 4.35. The van der Waals surface area contributed by atoms with Crippen molar-refractivity contribution in [3.8, 4) is 5.75 Å². The summed E-state index contributed by atoms with van der Waals surface area (Å²) in [5, 5.41) is 3.17. The number of amides is 1. The molecule has 4 heteroatoms. The highest BCUT2D eigenvalue weighted by atomic mass is 16.5. The highest BCUT2D eigenvalue weighted by Gasteiger charge is 2.23. The Balaban J connectivity index is 2.06. The lowest BCUT2D eigenvalue weighted by atomic mass is 9.98. The van der Waals surface area contributed by atoms with Crippen molar-refractivity contribution in [1.29, 1.82) is 0 Å². The quantitative estimate of drug-likeness (QED) is 0.853. The molecule has 0 unspecified atom stereocenters. The molecule has 1 aromatic carbocycles. The molecular formula is C13H18N2O2. The van der Waals surface area contributed by atoms with E-state index in [-0.39, 0.29) is 5.91 Å². The molecule has 92 valence electrons. The van der Waals surface area contributed by atoms with Gasteiger partial charge in [0.15, 0.2) is 0 Å². The van der Waals surface area contributed by atoms with Crippen molar-refractivity contribution in [3.63, 3.8) is 0 Å². The number of anilines is 1. The normalized spacial score (nSPS) is 15.2. The van der Waals surface area contributed by atoms with Crippen LogP contribution in [0.1, 0.15) is 6.42 Å². The maximum Gasteiger partial charge on any atom is 0.227 e. The predicted molar refractivity (Wildman–Crippen MR) is 67.4 cm³/mol. The van der Waals surface area contributed by atoms with Gasteiger partial charge in [-0.15, -0.1) is 0 Å². The van der Waals surface area contributed by atoms with Crippen molar-refractivity contribution in [2.45, 2.75) is 6.42 Å². The summed E-state index contributed by atoms with van der Waals surface area (Å²) in [6.45, 7) is 1.90. The average Bonchev–Trinajstić information content (AvgIpc) is 2.32. The molecule has 0 saturated carbocycles. The van der Waals surface area contributed by atoms with Crippen LogP contribution in [0.25, 0.3) is 0 Å². The van der Waals surface area contributed by atoms with Gasteiger partial charge in [-0.3, -0.25) is 4.79 Å². The number of ether oxygens (including phenoxy) is 1. The third-order valence-electron chi connectivity index (χ3n) is 3.15. The van der Waals surface area contributed by atoms with E-state index in [0.29, 0.717) is 12.3 Å². The molecule has 1 fully saturated rings. The van der Waals surface area contributed by atoms with Gasteiger partial charge < -0.3 is 15.0 Å². The zero-order valence-corrected chi connectivity index (χ0v) is 10.3. The van der Waals surface area contributed by atoms with Crippen LogP contribution in [0.3, 0.4) is 0 Å². The minimum absolute atomic E-state index is 0.140. The molecule has 1 N–H and O–H groups in total. The first-order chi connectivity index (χ1) is 8.22. The van der Waals surface area contributed by atoms with E-state index in [1.807, 2.05) is 24.3 Å². The zero-order valence-electron chi connectivity index (χ0n) is 10.3. The molecule has 1 aliphatic rings. The van der Waals surface area contributed by atoms with Crippen molar-refractivity contribution in [1.82, 2.24) is 5.32 Å². The van der Waals surface area contributed by atoms with Gasteiger partial charge in [-0.25, -0.2) is 0 Å². The molecule has 0 atom stereocenters. The number of hydrogen-bond donors (Lipinski definition) is 1. The summed E-state index contributed by atoms with van der Waals surface area (Å²) in [5.41, 5.74) is 0.826. The van der Waals surface area contributed by atoms with Gasteiger partial charge in [-0.1, -0.05) is 12.1 Å². The number of nitrogens with zero attached hydrogens (tertiary/aromatic N) is 1. The Bertz CT molecular complexity index is 402. The summed E-state index contributed by atoms with van der Waals surface area (Å²) in [6, 6.07) is 7.57. The van der Waals surface area contributed by atoms with Crippen LogP contribution >= 0.6 is 0 Å². The molecule has 1 amide bonds. The van der Waals surface area contributed by atoms with Crippen LogP contribution in [-0.4, -0.2) is 33.2 Å². The summed E-state index contributed by atoms with van der Waals surface area (Å²) in [7, 11) is 3.42. The Hall–Kier alpha value is -1.55. The third-order valence-corrected chi connectivity index (χ3v) is 3.15.